The van der Waals surface area contributed by atoms with Crippen molar-refractivity contribution in [3.8, 4) is 0 Å². The molecule has 0 amide bonds. The summed E-state index contributed by atoms with van der Waals surface area (Å²) < 4.78 is 0. The predicted molar refractivity (Wildman–Crippen MR) is 107 cm³/mol. The topological polar surface area (TPSA) is 48.1 Å². The molecule has 2 aromatic carbocycles. The van der Waals surface area contributed by atoms with Crippen LogP contribution in [-0.2, 0) is 0 Å². The van der Waals surface area contributed by atoms with Gasteiger partial charge in [-0.3, -0.25) is 0 Å². The average molecular weight is 343 g/mol. The zero-order chi connectivity index (χ0) is 17.5. The number of piperazine rings is 1. The minimum Gasteiger partial charge on any atom is -0.368 e. The van der Waals surface area contributed by atoms with Gasteiger partial charge in [0, 0.05) is 42.8 Å². The monoisotopic (exact) mass is 343 g/mol. The Labute approximate surface area is 152 Å². The fourth-order valence-corrected chi connectivity index (χ4v) is 3.95. The van der Waals surface area contributed by atoms with Gasteiger partial charge in [-0.15, -0.1) is 0 Å². The third kappa shape index (κ3) is 2.39. The van der Waals surface area contributed by atoms with Crippen LogP contribution in [0.2, 0.25) is 0 Å². The minimum absolute atomic E-state index is 0.954. The van der Waals surface area contributed by atoms with Crippen molar-refractivity contribution < 1.29 is 0 Å². The number of aryl methyl sites for hydroxylation is 1. The highest BCUT2D eigenvalue weighted by Gasteiger charge is 2.22. The Kier molecular flexibility index (Phi) is 3.52. The van der Waals surface area contributed by atoms with E-state index in [4.69, 9.17) is 0 Å². The van der Waals surface area contributed by atoms with Gasteiger partial charge in [0.1, 0.15) is 17.4 Å². The van der Waals surface area contributed by atoms with Gasteiger partial charge in [-0.1, -0.05) is 36.4 Å². The maximum absolute atomic E-state index is 4.61. The van der Waals surface area contributed by atoms with Crippen LogP contribution in [0.25, 0.3) is 21.9 Å². The molecule has 1 aliphatic rings. The van der Waals surface area contributed by atoms with Gasteiger partial charge in [0.2, 0.25) is 0 Å². The minimum atomic E-state index is 0.954. The molecule has 3 heterocycles. The van der Waals surface area contributed by atoms with Gasteiger partial charge >= 0.3 is 0 Å². The molecule has 5 heteroatoms. The summed E-state index contributed by atoms with van der Waals surface area (Å²) in [6.45, 7) is 6.08. The third-order valence-electron chi connectivity index (χ3n) is 5.30. The lowest BCUT2D eigenvalue weighted by Crippen LogP contribution is -2.47. The molecule has 0 radical (unpaired) electrons. The molecule has 5 rings (SSSR count). The van der Waals surface area contributed by atoms with Crippen LogP contribution in [0.5, 0.6) is 0 Å². The summed E-state index contributed by atoms with van der Waals surface area (Å²) in [5.41, 5.74) is 5.83. The number of anilines is 2. The van der Waals surface area contributed by atoms with Crippen LogP contribution in [0.15, 0.2) is 54.9 Å². The number of nitrogens with one attached hydrogen (secondary N) is 1. The largest absolute Gasteiger partial charge is 0.368 e. The van der Waals surface area contributed by atoms with Crippen molar-refractivity contribution in [3.05, 3.63) is 60.4 Å². The van der Waals surface area contributed by atoms with E-state index in [9.17, 15) is 0 Å². The molecule has 0 bridgehead atoms. The number of benzene rings is 2. The maximum atomic E-state index is 4.61. The molecule has 4 aromatic rings. The maximum Gasteiger partial charge on any atom is 0.156 e. The summed E-state index contributed by atoms with van der Waals surface area (Å²) in [5.74, 6) is 1.01. The standard InChI is InChI=1S/C21H21N5/c1-15-6-2-5-9-18(15)25-10-12-26(13-11-25)21-20-19(22-14-23-21)16-7-3-4-8-17(16)24-20/h2-9,14,24H,10-13H2,1H3. The molecule has 5 nitrogen and oxygen atoms in total. The van der Waals surface area contributed by atoms with Crippen LogP contribution in [0.3, 0.4) is 0 Å². The summed E-state index contributed by atoms with van der Waals surface area (Å²) in [6.07, 6.45) is 1.69. The molecule has 0 saturated carbocycles. The summed E-state index contributed by atoms with van der Waals surface area (Å²) >= 11 is 0. The zero-order valence-corrected chi connectivity index (χ0v) is 14.8. The summed E-state index contributed by atoms with van der Waals surface area (Å²) in [5, 5.41) is 1.16. The Hall–Kier alpha value is -3.08. The first-order chi connectivity index (χ1) is 12.8. The normalized spacial score (nSPS) is 15.1. The van der Waals surface area contributed by atoms with Crippen LogP contribution >= 0.6 is 0 Å². The quantitative estimate of drug-likeness (QED) is 0.602. The van der Waals surface area contributed by atoms with E-state index >= 15 is 0 Å². The average Bonchev–Trinajstić information content (AvgIpc) is 3.07. The first-order valence-corrected chi connectivity index (χ1v) is 9.08. The lowest BCUT2D eigenvalue weighted by Gasteiger charge is -2.37. The van der Waals surface area contributed by atoms with Crippen LogP contribution in [0.1, 0.15) is 5.56 Å². The first kappa shape index (κ1) is 15.2. The highest BCUT2D eigenvalue weighted by atomic mass is 15.3. The van der Waals surface area contributed by atoms with E-state index in [2.05, 4.69) is 74.1 Å². The number of para-hydroxylation sites is 2. The number of hydrogen-bond donors (Lipinski definition) is 1. The van der Waals surface area contributed by atoms with Gasteiger partial charge in [-0.2, -0.15) is 0 Å². The molecule has 0 unspecified atom stereocenters. The molecule has 1 fully saturated rings. The molecule has 26 heavy (non-hydrogen) atoms. The first-order valence-electron chi connectivity index (χ1n) is 9.08. The van der Waals surface area contributed by atoms with E-state index in [1.54, 1.807) is 6.33 Å². The van der Waals surface area contributed by atoms with E-state index in [0.717, 1.165) is 53.9 Å². The Morgan fingerprint density at radius 3 is 2.42 bits per heavy atom. The fourth-order valence-electron chi connectivity index (χ4n) is 3.95. The number of hydrogen-bond acceptors (Lipinski definition) is 4. The van der Waals surface area contributed by atoms with Gasteiger partial charge in [0.25, 0.3) is 0 Å². The molecule has 1 aliphatic heterocycles. The molecule has 130 valence electrons. The van der Waals surface area contributed by atoms with Gasteiger partial charge in [-0.25, -0.2) is 9.97 Å². The third-order valence-corrected chi connectivity index (χ3v) is 5.30. The molecular formula is C21H21N5. The van der Waals surface area contributed by atoms with Crippen molar-refractivity contribution >= 4 is 33.4 Å². The zero-order valence-electron chi connectivity index (χ0n) is 14.8. The van der Waals surface area contributed by atoms with Gasteiger partial charge in [-0.05, 0) is 24.6 Å². The summed E-state index contributed by atoms with van der Waals surface area (Å²) in [7, 11) is 0. The Morgan fingerprint density at radius 1 is 0.846 bits per heavy atom. The van der Waals surface area contributed by atoms with Crippen LogP contribution in [-0.4, -0.2) is 41.1 Å². The number of nitrogens with zero attached hydrogens (tertiary/aromatic N) is 4. The Balaban J connectivity index is 1.46. The van der Waals surface area contributed by atoms with E-state index < -0.39 is 0 Å². The van der Waals surface area contributed by atoms with Crippen LogP contribution < -0.4 is 9.80 Å². The molecule has 2 aromatic heterocycles. The number of aromatic amines is 1. The van der Waals surface area contributed by atoms with Crippen molar-refractivity contribution in [2.45, 2.75) is 6.92 Å². The predicted octanol–water partition coefficient (Wildman–Crippen LogP) is 3.75. The van der Waals surface area contributed by atoms with Crippen LogP contribution in [0.4, 0.5) is 11.5 Å². The number of fused-ring (bicyclic) bond motifs is 3. The second kappa shape index (κ2) is 6.02. The molecule has 1 N–H and O–H groups in total. The van der Waals surface area contributed by atoms with Gasteiger partial charge in [0.05, 0.1) is 0 Å². The van der Waals surface area contributed by atoms with Crippen LogP contribution in [0, 0.1) is 6.92 Å². The molecular weight excluding hydrogens is 322 g/mol. The van der Waals surface area contributed by atoms with Crippen molar-refractivity contribution in [1.29, 1.82) is 0 Å². The van der Waals surface area contributed by atoms with Gasteiger partial charge < -0.3 is 14.8 Å². The van der Waals surface area contributed by atoms with E-state index in [1.165, 1.54) is 11.3 Å². The van der Waals surface area contributed by atoms with Gasteiger partial charge in [0.15, 0.2) is 5.82 Å². The second-order valence-electron chi connectivity index (χ2n) is 6.85. The van der Waals surface area contributed by atoms with Crippen molar-refractivity contribution in [3.63, 3.8) is 0 Å². The van der Waals surface area contributed by atoms with E-state index in [-0.39, 0.29) is 0 Å². The number of rotatable bonds is 2. The molecule has 1 saturated heterocycles. The van der Waals surface area contributed by atoms with Crippen molar-refractivity contribution in [2.75, 3.05) is 36.0 Å². The van der Waals surface area contributed by atoms with E-state index in [1.807, 2.05) is 6.07 Å². The Morgan fingerprint density at radius 2 is 1.58 bits per heavy atom. The van der Waals surface area contributed by atoms with Crippen molar-refractivity contribution in [1.82, 2.24) is 15.0 Å². The van der Waals surface area contributed by atoms with Crippen molar-refractivity contribution in [2.24, 2.45) is 0 Å². The fraction of sp³-hybridized carbons (Fsp3) is 0.238. The summed E-state index contributed by atoms with van der Waals surface area (Å²) in [6, 6.07) is 16.9. The second-order valence-corrected chi connectivity index (χ2v) is 6.85. The highest BCUT2D eigenvalue weighted by molar-refractivity contribution is 6.08. The molecule has 0 spiro atoms. The van der Waals surface area contributed by atoms with E-state index in [0.29, 0.717) is 0 Å². The lowest BCUT2D eigenvalue weighted by atomic mass is 10.1. The lowest BCUT2D eigenvalue weighted by molar-refractivity contribution is 0.647. The SMILES string of the molecule is Cc1ccccc1N1CCN(c2ncnc3c2[nH]c2ccccc23)CC1. The smallest absolute Gasteiger partial charge is 0.156 e. The highest BCUT2D eigenvalue weighted by Crippen LogP contribution is 2.30. The number of aromatic nitrogens is 3. The number of H-pyrrole nitrogens is 1. The molecule has 0 aliphatic carbocycles. The summed E-state index contributed by atoms with van der Waals surface area (Å²) in [4.78, 5) is 17.5. The Bertz CT molecular complexity index is 1080. The molecule has 0 atom stereocenters.